The zero-order chi connectivity index (χ0) is 8.10. The molecule has 11 heavy (non-hydrogen) atoms. The van der Waals surface area contributed by atoms with Crippen LogP contribution in [0.3, 0.4) is 0 Å². The number of hydrogen-bond acceptors (Lipinski definition) is 2. The summed E-state index contributed by atoms with van der Waals surface area (Å²) in [5, 5.41) is 3.35. The lowest BCUT2D eigenvalue weighted by Gasteiger charge is -2.06. The molecule has 0 bridgehead atoms. The van der Waals surface area contributed by atoms with Gasteiger partial charge in [0.1, 0.15) is 0 Å². The van der Waals surface area contributed by atoms with Gasteiger partial charge in [-0.1, -0.05) is 26.2 Å². The van der Waals surface area contributed by atoms with Crippen molar-refractivity contribution < 1.29 is 4.79 Å². The topological polar surface area (TPSA) is 29.1 Å². The zero-order valence-electron chi connectivity index (χ0n) is 6.93. The second-order valence-electron chi connectivity index (χ2n) is 2.86. The monoisotopic (exact) mass is 173 g/mol. The van der Waals surface area contributed by atoms with E-state index in [0.717, 1.165) is 6.42 Å². The number of carbonyl (C=O) groups excluding carboxylic acids is 1. The van der Waals surface area contributed by atoms with E-state index in [1.54, 1.807) is 11.8 Å². The summed E-state index contributed by atoms with van der Waals surface area (Å²) < 4.78 is 0. The Balaban J connectivity index is 2.04. The highest BCUT2D eigenvalue weighted by Crippen LogP contribution is 2.19. The molecular weight excluding hydrogens is 158 g/mol. The third-order valence-electron chi connectivity index (χ3n) is 1.81. The molecular formula is C8H15NOS. The first-order valence-electron chi connectivity index (χ1n) is 4.24. The minimum absolute atomic E-state index is 0.205. The normalized spacial score (nSPS) is 23.7. The van der Waals surface area contributed by atoms with E-state index in [4.69, 9.17) is 0 Å². The van der Waals surface area contributed by atoms with E-state index in [-0.39, 0.29) is 5.91 Å². The zero-order valence-corrected chi connectivity index (χ0v) is 7.75. The Kier molecular flexibility index (Phi) is 3.77. The van der Waals surface area contributed by atoms with Crippen molar-refractivity contribution in [3.05, 3.63) is 0 Å². The Labute approximate surface area is 72.1 Å². The summed E-state index contributed by atoms with van der Waals surface area (Å²) in [6.07, 6.45) is 4.93. The Hall–Kier alpha value is -0.180. The molecule has 1 fully saturated rings. The van der Waals surface area contributed by atoms with Crippen molar-refractivity contribution in [3.8, 4) is 0 Å². The van der Waals surface area contributed by atoms with Gasteiger partial charge in [-0.2, -0.15) is 0 Å². The van der Waals surface area contributed by atoms with Crippen molar-refractivity contribution in [3.63, 3.8) is 0 Å². The molecule has 1 unspecified atom stereocenters. The SMILES string of the molecule is CCCCCC1NC(=O)CS1. The van der Waals surface area contributed by atoms with E-state index in [1.165, 1.54) is 19.3 Å². The number of rotatable bonds is 4. The fourth-order valence-electron chi connectivity index (χ4n) is 1.17. The van der Waals surface area contributed by atoms with Crippen molar-refractivity contribution in [2.75, 3.05) is 5.75 Å². The number of hydrogen-bond donors (Lipinski definition) is 1. The molecule has 0 saturated carbocycles. The molecule has 1 aliphatic rings. The lowest BCUT2D eigenvalue weighted by atomic mass is 10.2. The van der Waals surface area contributed by atoms with Crippen molar-refractivity contribution in [2.24, 2.45) is 0 Å². The van der Waals surface area contributed by atoms with Crippen LogP contribution in [0.4, 0.5) is 0 Å². The van der Waals surface area contributed by atoms with Crippen LogP contribution in [0.2, 0.25) is 0 Å². The molecule has 1 saturated heterocycles. The highest BCUT2D eigenvalue weighted by molar-refractivity contribution is 8.01. The summed E-state index contributed by atoms with van der Waals surface area (Å²) in [5.41, 5.74) is 0. The van der Waals surface area contributed by atoms with Crippen molar-refractivity contribution in [1.29, 1.82) is 0 Å². The van der Waals surface area contributed by atoms with Crippen LogP contribution in [-0.2, 0) is 4.79 Å². The van der Waals surface area contributed by atoms with Gasteiger partial charge in [-0.05, 0) is 6.42 Å². The predicted octanol–water partition coefficient (Wildman–Crippen LogP) is 1.76. The van der Waals surface area contributed by atoms with Crippen LogP contribution in [0, 0.1) is 0 Å². The average molecular weight is 173 g/mol. The van der Waals surface area contributed by atoms with E-state index >= 15 is 0 Å². The maximum Gasteiger partial charge on any atom is 0.230 e. The highest BCUT2D eigenvalue weighted by atomic mass is 32.2. The van der Waals surface area contributed by atoms with Gasteiger partial charge < -0.3 is 5.32 Å². The average Bonchev–Trinajstić information content (AvgIpc) is 2.37. The summed E-state index contributed by atoms with van der Waals surface area (Å²) in [6.45, 7) is 2.19. The second kappa shape index (κ2) is 4.65. The standard InChI is InChI=1S/C8H15NOS/c1-2-3-4-5-8-9-7(10)6-11-8/h8H,2-6H2,1H3,(H,9,10). The van der Waals surface area contributed by atoms with Crippen LogP contribution < -0.4 is 5.32 Å². The molecule has 0 spiro atoms. The fraction of sp³-hybridized carbons (Fsp3) is 0.875. The molecule has 3 heteroatoms. The fourth-order valence-corrected chi connectivity index (χ4v) is 2.16. The lowest BCUT2D eigenvalue weighted by molar-refractivity contribution is -0.118. The molecule has 64 valence electrons. The molecule has 0 aromatic heterocycles. The molecule has 1 amide bonds. The summed E-state index contributed by atoms with van der Waals surface area (Å²) >= 11 is 1.74. The van der Waals surface area contributed by atoms with E-state index in [0.29, 0.717) is 11.1 Å². The number of thioether (sulfide) groups is 1. The van der Waals surface area contributed by atoms with Gasteiger partial charge in [0.2, 0.25) is 5.91 Å². The van der Waals surface area contributed by atoms with Gasteiger partial charge in [0, 0.05) is 0 Å². The first-order valence-corrected chi connectivity index (χ1v) is 5.28. The van der Waals surface area contributed by atoms with Crippen molar-refractivity contribution in [1.82, 2.24) is 5.32 Å². The predicted molar refractivity (Wildman–Crippen MR) is 48.5 cm³/mol. The van der Waals surface area contributed by atoms with Gasteiger partial charge in [-0.3, -0.25) is 4.79 Å². The Bertz CT molecular complexity index is 138. The van der Waals surface area contributed by atoms with Gasteiger partial charge in [0.15, 0.2) is 0 Å². The van der Waals surface area contributed by atoms with Crippen LogP contribution >= 0.6 is 11.8 Å². The van der Waals surface area contributed by atoms with E-state index in [1.807, 2.05) is 0 Å². The van der Waals surface area contributed by atoms with Gasteiger partial charge in [0.05, 0.1) is 11.1 Å². The molecule has 0 aliphatic carbocycles. The van der Waals surface area contributed by atoms with Crippen LogP contribution in [0.1, 0.15) is 32.6 Å². The molecule has 1 heterocycles. The Morgan fingerprint density at radius 2 is 2.45 bits per heavy atom. The first kappa shape index (κ1) is 8.91. The van der Waals surface area contributed by atoms with Crippen LogP contribution in [-0.4, -0.2) is 17.0 Å². The van der Waals surface area contributed by atoms with Crippen molar-refractivity contribution in [2.45, 2.75) is 38.0 Å². The first-order chi connectivity index (χ1) is 5.33. The van der Waals surface area contributed by atoms with Gasteiger partial charge >= 0.3 is 0 Å². The van der Waals surface area contributed by atoms with Crippen LogP contribution in [0.15, 0.2) is 0 Å². The van der Waals surface area contributed by atoms with Gasteiger partial charge in [-0.15, -0.1) is 11.8 Å². The van der Waals surface area contributed by atoms with Crippen LogP contribution in [0.25, 0.3) is 0 Å². The summed E-state index contributed by atoms with van der Waals surface area (Å²) in [7, 11) is 0. The second-order valence-corrected chi connectivity index (χ2v) is 4.05. The van der Waals surface area contributed by atoms with E-state index < -0.39 is 0 Å². The molecule has 1 rings (SSSR count). The maximum atomic E-state index is 10.8. The molecule has 1 aliphatic heterocycles. The lowest BCUT2D eigenvalue weighted by Crippen LogP contribution is -2.24. The molecule has 0 aromatic rings. The maximum absolute atomic E-state index is 10.8. The van der Waals surface area contributed by atoms with Gasteiger partial charge in [0.25, 0.3) is 0 Å². The summed E-state index contributed by atoms with van der Waals surface area (Å²) in [4.78, 5) is 10.8. The molecule has 1 atom stereocenters. The smallest absolute Gasteiger partial charge is 0.230 e. The molecule has 1 N–H and O–H groups in total. The summed E-state index contributed by atoms with van der Waals surface area (Å²) in [6, 6.07) is 0. The molecule has 2 nitrogen and oxygen atoms in total. The van der Waals surface area contributed by atoms with Gasteiger partial charge in [-0.25, -0.2) is 0 Å². The Morgan fingerprint density at radius 3 is 3.00 bits per heavy atom. The molecule has 0 aromatic carbocycles. The van der Waals surface area contributed by atoms with E-state index in [2.05, 4.69) is 12.2 Å². The largest absolute Gasteiger partial charge is 0.344 e. The number of nitrogens with one attached hydrogen (secondary N) is 1. The summed E-state index contributed by atoms with van der Waals surface area (Å²) in [5.74, 6) is 0.869. The highest BCUT2D eigenvalue weighted by Gasteiger charge is 2.19. The third-order valence-corrected chi connectivity index (χ3v) is 2.99. The van der Waals surface area contributed by atoms with Crippen molar-refractivity contribution >= 4 is 17.7 Å². The van der Waals surface area contributed by atoms with E-state index in [9.17, 15) is 4.79 Å². The Morgan fingerprint density at radius 1 is 1.64 bits per heavy atom. The minimum Gasteiger partial charge on any atom is -0.344 e. The third kappa shape index (κ3) is 3.14. The number of unbranched alkanes of at least 4 members (excludes halogenated alkanes) is 2. The van der Waals surface area contributed by atoms with Crippen LogP contribution in [0.5, 0.6) is 0 Å². The number of amides is 1. The minimum atomic E-state index is 0.205. The number of carbonyl (C=O) groups is 1. The quantitative estimate of drug-likeness (QED) is 0.656. The molecule has 0 radical (unpaired) electrons.